The number of anilines is 1. The standard InChI is InChI=1S/C17H25N5O/c1-12(2)13-7-8-18-16(21-13)23-10-17(3,4)14-9-15(22(5)6)20-11-19-14/h7-9,11-12H,10H2,1-6H3. The van der Waals surface area contributed by atoms with Crippen LogP contribution in [0.15, 0.2) is 24.7 Å². The van der Waals surface area contributed by atoms with Crippen molar-refractivity contribution in [3.05, 3.63) is 36.0 Å². The van der Waals surface area contributed by atoms with E-state index in [2.05, 4.69) is 47.6 Å². The Morgan fingerprint density at radius 1 is 1.17 bits per heavy atom. The van der Waals surface area contributed by atoms with Gasteiger partial charge in [-0.15, -0.1) is 0 Å². The zero-order chi connectivity index (χ0) is 17.0. The maximum Gasteiger partial charge on any atom is 0.316 e. The van der Waals surface area contributed by atoms with Gasteiger partial charge in [-0.2, -0.15) is 0 Å². The summed E-state index contributed by atoms with van der Waals surface area (Å²) in [5, 5.41) is 0. The summed E-state index contributed by atoms with van der Waals surface area (Å²) in [6.07, 6.45) is 3.32. The van der Waals surface area contributed by atoms with Crippen molar-refractivity contribution in [3.63, 3.8) is 0 Å². The first kappa shape index (κ1) is 17.1. The number of hydrogen-bond donors (Lipinski definition) is 0. The van der Waals surface area contributed by atoms with Gasteiger partial charge in [0.25, 0.3) is 0 Å². The van der Waals surface area contributed by atoms with Crippen LogP contribution in [0.3, 0.4) is 0 Å². The summed E-state index contributed by atoms with van der Waals surface area (Å²) >= 11 is 0. The lowest BCUT2D eigenvalue weighted by molar-refractivity contribution is 0.219. The van der Waals surface area contributed by atoms with Gasteiger partial charge in [0.2, 0.25) is 0 Å². The number of hydrogen-bond acceptors (Lipinski definition) is 6. The van der Waals surface area contributed by atoms with E-state index in [0.29, 0.717) is 18.5 Å². The molecule has 0 aliphatic carbocycles. The first-order valence-corrected chi connectivity index (χ1v) is 7.75. The van der Waals surface area contributed by atoms with E-state index < -0.39 is 0 Å². The van der Waals surface area contributed by atoms with E-state index in [9.17, 15) is 0 Å². The molecule has 6 nitrogen and oxygen atoms in total. The van der Waals surface area contributed by atoms with Gasteiger partial charge < -0.3 is 9.64 Å². The summed E-state index contributed by atoms with van der Waals surface area (Å²) in [6.45, 7) is 8.81. The van der Waals surface area contributed by atoms with E-state index in [1.54, 1.807) is 12.5 Å². The summed E-state index contributed by atoms with van der Waals surface area (Å²) < 4.78 is 5.82. The second kappa shape index (κ2) is 6.89. The van der Waals surface area contributed by atoms with Crippen molar-refractivity contribution in [3.8, 4) is 6.01 Å². The van der Waals surface area contributed by atoms with Crippen molar-refractivity contribution >= 4 is 5.82 Å². The van der Waals surface area contributed by atoms with Crippen LogP contribution < -0.4 is 9.64 Å². The van der Waals surface area contributed by atoms with Gasteiger partial charge in [-0.05, 0) is 12.0 Å². The fourth-order valence-corrected chi connectivity index (χ4v) is 2.03. The second-order valence-electron chi connectivity index (χ2n) is 6.75. The maximum atomic E-state index is 5.82. The van der Waals surface area contributed by atoms with Gasteiger partial charge in [0.1, 0.15) is 18.8 Å². The van der Waals surface area contributed by atoms with Gasteiger partial charge in [-0.25, -0.2) is 19.9 Å². The van der Waals surface area contributed by atoms with Crippen LogP contribution in [0.5, 0.6) is 6.01 Å². The highest BCUT2D eigenvalue weighted by Gasteiger charge is 2.25. The molecule has 0 aliphatic rings. The molecule has 0 fully saturated rings. The van der Waals surface area contributed by atoms with E-state index in [4.69, 9.17) is 4.74 Å². The van der Waals surface area contributed by atoms with Crippen LogP contribution in [-0.2, 0) is 5.41 Å². The number of nitrogens with zero attached hydrogens (tertiary/aromatic N) is 5. The molecule has 0 saturated heterocycles. The van der Waals surface area contributed by atoms with Gasteiger partial charge in [0.15, 0.2) is 0 Å². The highest BCUT2D eigenvalue weighted by atomic mass is 16.5. The number of ether oxygens (including phenoxy) is 1. The van der Waals surface area contributed by atoms with E-state index in [1.807, 2.05) is 31.1 Å². The molecule has 2 heterocycles. The van der Waals surface area contributed by atoms with E-state index in [0.717, 1.165) is 17.2 Å². The first-order valence-electron chi connectivity index (χ1n) is 7.75. The van der Waals surface area contributed by atoms with Gasteiger partial charge in [0, 0.05) is 31.8 Å². The third-order valence-corrected chi connectivity index (χ3v) is 3.61. The highest BCUT2D eigenvalue weighted by Crippen LogP contribution is 2.24. The smallest absolute Gasteiger partial charge is 0.316 e. The third kappa shape index (κ3) is 4.37. The molecule has 6 heteroatoms. The van der Waals surface area contributed by atoms with Crippen molar-refractivity contribution in [1.82, 2.24) is 19.9 Å². The largest absolute Gasteiger partial charge is 0.462 e. The fraction of sp³-hybridized carbons (Fsp3) is 0.529. The summed E-state index contributed by atoms with van der Waals surface area (Å²) in [5.74, 6) is 1.22. The molecule has 2 aromatic rings. The monoisotopic (exact) mass is 315 g/mol. The lowest BCUT2D eigenvalue weighted by Crippen LogP contribution is -2.28. The molecule has 124 valence electrons. The molecule has 0 aromatic carbocycles. The van der Waals surface area contributed by atoms with E-state index in [1.165, 1.54) is 0 Å². The predicted molar refractivity (Wildman–Crippen MR) is 91.0 cm³/mol. The van der Waals surface area contributed by atoms with Crippen molar-refractivity contribution in [2.45, 2.75) is 39.0 Å². The molecule has 2 aromatic heterocycles. The Hall–Kier alpha value is -2.24. The Labute approximate surface area is 138 Å². The zero-order valence-corrected chi connectivity index (χ0v) is 14.7. The molecule has 2 rings (SSSR count). The minimum atomic E-state index is -0.273. The second-order valence-corrected chi connectivity index (χ2v) is 6.75. The molecule has 0 saturated carbocycles. The zero-order valence-electron chi connectivity index (χ0n) is 14.7. The Morgan fingerprint density at radius 3 is 2.57 bits per heavy atom. The van der Waals surface area contributed by atoms with Gasteiger partial charge in [-0.1, -0.05) is 27.7 Å². The third-order valence-electron chi connectivity index (χ3n) is 3.61. The Bertz CT molecular complexity index is 655. The molecular formula is C17H25N5O. The van der Waals surface area contributed by atoms with Crippen molar-refractivity contribution in [2.75, 3.05) is 25.6 Å². The predicted octanol–water partition coefficient (Wildman–Crippen LogP) is 2.81. The Balaban J connectivity index is 2.12. The van der Waals surface area contributed by atoms with Crippen molar-refractivity contribution in [2.24, 2.45) is 0 Å². The van der Waals surface area contributed by atoms with Gasteiger partial charge in [-0.3, -0.25) is 0 Å². The van der Waals surface area contributed by atoms with Crippen LogP contribution in [-0.4, -0.2) is 40.6 Å². The molecule has 0 unspecified atom stereocenters. The molecule has 0 bridgehead atoms. The van der Waals surface area contributed by atoms with Crippen molar-refractivity contribution < 1.29 is 4.74 Å². The van der Waals surface area contributed by atoms with Crippen LogP contribution in [0.2, 0.25) is 0 Å². The van der Waals surface area contributed by atoms with Crippen molar-refractivity contribution in [1.29, 1.82) is 0 Å². The maximum absolute atomic E-state index is 5.82. The topological polar surface area (TPSA) is 64.0 Å². The molecule has 0 radical (unpaired) electrons. The minimum Gasteiger partial charge on any atom is -0.462 e. The van der Waals surface area contributed by atoms with Gasteiger partial charge in [0.05, 0.1) is 11.4 Å². The molecule has 0 aliphatic heterocycles. The lowest BCUT2D eigenvalue weighted by atomic mass is 9.90. The number of rotatable bonds is 6. The van der Waals surface area contributed by atoms with Crippen LogP contribution in [0.25, 0.3) is 0 Å². The van der Waals surface area contributed by atoms with Crippen LogP contribution in [0.1, 0.15) is 45.0 Å². The molecule has 0 atom stereocenters. The molecule has 0 amide bonds. The highest BCUT2D eigenvalue weighted by molar-refractivity contribution is 5.38. The molecule has 0 N–H and O–H groups in total. The first-order chi connectivity index (χ1) is 10.8. The Morgan fingerprint density at radius 2 is 1.91 bits per heavy atom. The van der Waals surface area contributed by atoms with E-state index >= 15 is 0 Å². The van der Waals surface area contributed by atoms with E-state index in [-0.39, 0.29) is 5.41 Å². The van der Waals surface area contributed by atoms with Crippen LogP contribution in [0.4, 0.5) is 5.82 Å². The average Bonchev–Trinajstić information content (AvgIpc) is 2.53. The molecule has 0 spiro atoms. The minimum absolute atomic E-state index is 0.273. The van der Waals surface area contributed by atoms with Crippen LogP contribution in [0, 0.1) is 0 Å². The summed E-state index contributed by atoms with van der Waals surface area (Å²) in [7, 11) is 3.92. The summed E-state index contributed by atoms with van der Waals surface area (Å²) in [4.78, 5) is 19.2. The molecule has 23 heavy (non-hydrogen) atoms. The fourth-order valence-electron chi connectivity index (χ4n) is 2.03. The Kier molecular flexibility index (Phi) is 5.13. The quantitative estimate of drug-likeness (QED) is 0.817. The molecular weight excluding hydrogens is 290 g/mol. The average molecular weight is 315 g/mol. The SMILES string of the molecule is CC(C)c1ccnc(OCC(C)(C)c2cc(N(C)C)ncn2)n1. The summed E-state index contributed by atoms with van der Waals surface area (Å²) in [6, 6.07) is 4.30. The lowest BCUT2D eigenvalue weighted by Gasteiger charge is -2.24. The summed E-state index contributed by atoms with van der Waals surface area (Å²) in [5.41, 5.74) is 1.63. The van der Waals surface area contributed by atoms with Crippen LogP contribution >= 0.6 is 0 Å². The van der Waals surface area contributed by atoms with Gasteiger partial charge >= 0.3 is 6.01 Å². The normalized spacial score (nSPS) is 11.6. The number of aromatic nitrogens is 4.